The van der Waals surface area contributed by atoms with Crippen LogP contribution >= 0.6 is 24.0 Å². The molecule has 0 saturated heterocycles. The number of likely N-dealkylation sites (N-methyl/N-ethyl adjacent to an activating group) is 1. The second-order valence-electron chi connectivity index (χ2n) is 5.72. The molecule has 0 aromatic heterocycles. The molecule has 0 fully saturated rings. The number of rotatable bonds is 2. The summed E-state index contributed by atoms with van der Waals surface area (Å²) in [6.45, 7) is 0. The largest absolute Gasteiger partial charge is 0.497 e. The average Bonchev–Trinajstić information content (AvgIpc) is 2.53. The summed E-state index contributed by atoms with van der Waals surface area (Å²) in [4.78, 5) is 6.70. The lowest BCUT2D eigenvalue weighted by Gasteiger charge is -2.28. The van der Waals surface area contributed by atoms with Gasteiger partial charge in [0, 0.05) is 31.1 Å². The Kier molecular flexibility index (Phi) is 5.73. The van der Waals surface area contributed by atoms with Crippen molar-refractivity contribution in [3.8, 4) is 5.75 Å². The highest BCUT2D eigenvalue weighted by molar-refractivity contribution is 6.31. The van der Waals surface area contributed by atoms with Crippen LogP contribution in [-0.2, 0) is 6.42 Å². The second kappa shape index (κ2) is 7.41. The third-order valence-corrected chi connectivity index (χ3v) is 4.39. The maximum Gasteiger partial charge on any atom is 0.130 e. The number of fused-ring (bicyclic) bond motifs is 1. The number of aliphatic imine (C=N–C) groups is 1. The van der Waals surface area contributed by atoms with Crippen molar-refractivity contribution in [2.45, 2.75) is 12.5 Å². The molecule has 1 unspecified atom stereocenters. The van der Waals surface area contributed by atoms with Gasteiger partial charge in [0.2, 0.25) is 0 Å². The summed E-state index contributed by atoms with van der Waals surface area (Å²) in [7, 11) is 5.50. The molecule has 0 radical (unpaired) electrons. The van der Waals surface area contributed by atoms with Gasteiger partial charge in [-0.05, 0) is 35.4 Å². The Morgan fingerprint density at radius 3 is 2.62 bits per heavy atom. The molecular weight excluding hydrogens is 350 g/mol. The van der Waals surface area contributed by atoms with Gasteiger partial charge in [-0.3, -0.25) is 4.99 Å². The van der Waals surface area contributed by atoms with E-state index in [9.17, 15) is 4.39 Å². The van der Waals surface area contributed by atoms with Gasteiger partial charge in [0.1, 0.15) is 23.4 Å². The molecule has 2 aromatic carbocycles. The van der Waals surface area contributed by atoms with E-state index >= 15 is 0 Å². The quantitative estimate of drug-likeness (QED) is 0.778. The number of ether oxygens (including phenoxy) is 1. The van der Waals surface area contributed by atoms with Crippen LogP contribution in [0.15, 0.2) is 41.4 Å². The molecular formula is C18H19Cl2FN2O. The maximum absolute atomic E-state index is 14.4. The summed E-state index contributed by atoms with van der Waals surface area (Å²) < 4.78 is 19.7. The fraction of sp³-hybridized carbons (Fsp3) is 0.278. The fourth-order valence-electron chi connectivity index (χ4n) is 2.83. The van der Waals surface area contributed by atoms with Gasteiger partial charge in [-0.15, -0.1) is 12.4 Å². The number of amidine groups is 1. The maximum atomic E-state index is 14.4. The Balaban J connectivity index is 0.00000208. The van der Waals surface area contributed by atoms with E-state index in [1.54, 1.807) is 19.2 Å². The van der Waals surface area contributed by atoms with Gasteiger partial charge < -0.3 is 9.64 Å². The first-order valence-electron chi connectivity index (χ1n) is 7.36. The van der Waals surface area contributed by atoms with Gasteiger partial charge in [-0.25, -0.2) is 4.39 Å². The lowest BCUT2D eigenvalue weighted by molar-refractivity contribution is 0.414. The number of methoxy groups -OCH3 is 1. The lowest BCUT2D eigenvalue weighted by Crippen LogP contribution is -2.29. The molecule has 0 saturated carbocycles. The van der Waals surface area contributed by atoms with E-state index < -0.39 is 6.04 Å². The van der Waals surface area contributed by atoms with E-state index in [-0.39, 0.29) is 18.2 Å². The first kappa shape index (κ1) is 18.6. The van der Waals surface area contributed by atoms with Gasteiger partial charge in [0.15, 0.2) is 0 Å². The fourth-order valence-corrected chi connectivity index (χ4v) is 3.10. The van der Waals surface area contributed by atoms with Crippen LogP contribution in [0.25, 0.3) is 0 Å². The van der Waals surface area contributed by atoms with Gasteiger partial charge in [-0.1, -0.05) is 23.7 Å². The van der Waals surface area contributed by atoms with E-state index in [0.29, 0.717) is 17.0 Å². The Morgan fingerprint density at radius 2 is 2.00 bits per heavy atom. The third-order valence-electron chi connectivity index (χ3n) is 4.06. The van der Waals surface area contributed by atoms with E-state index in [1.165, 1.54) is 6.07 Å². The highest BCUT2D eigenvalue weighted by atomic mass is 35.5. The second-order valence-corrected chi connectivity index (χ2v) is 6.13. The molecule has 3 nitrogen and oxygen atoms in total. The van der Waals surface area contributed by atoms with E-state index in [1.807, 2.05) is 37.2 Å². The van der Waals surface area contributed by atoms with Gasteiger partial charge in [0.25, 0.3) is 0 Å². The molecule has 1 heterocycles. The van der Waals surface area contributed by atoms with E-state index in [2.05, 4.69) is 0 Å². The number of halogens is 3. The molecule has 2 aromatic rings. The molecule has 0 bridgehead atoms. The van der Waals surface area contributed by atoms with Crippen LogP contribution in [-0.4, -0.2) is 31.9 Å². The zero-order valence-electron chi connectivity index (χ0n) is 13.7. The zero-order chi connectivity index (χ0) is 16.6. The van der Waals surface area contributed by atoms with Crippen LogP contribution in [0.3, 0.4) is 0 Å². The minimum Gasteiger partial charge on any atom is -0.497 e. The molecule has 1 aliphatic heterocycles. The van der Waals surface area contributed by atoms with Crippen molar-refractivity contribution in [2.24, 2.45) is 4.99 Å². The SMILES string of the molecule is COc1ccc2c(c1)CC(N(C)C)=NC2c1c(F)cccc1Cl.Cl. The molecule has 0 N–H and O–H groups in total. The van der Waals surface area contributed by atoms with Crippen LogP contribution < -0.4 is 4.74 Å². The molecule has 0 spiro atoms. The monoisotopic (exact) mass is 368 g/mol. The predicted molar refractivity (Wildman–Crippen MR) is 98.3 cm³/mol. The van der Waals surface area contributed by atoms with Crippen molar-refractivity contribution in [3.05, 3.63) is 63.9 Å². The minimum atomic E-state index is -0.448. The number of benzene rings is 2. The Labute approximate surface area is 152 Å². The summed E-state index contributed by atoms with van der Waals surface area (Å²) in [5.74, 6) is 1.32. The van der Waals surface area contributed by atoms with Crippen LogP contribution in [0.5, 0.6) is 5.75 Å². The first-order chi connectivity index (χ1) is 11.0. The Bertz CT molecular complexity index is 757. The molecule has 3 rings (SSSR count). The van der Waals surface area contributed by atoms with E-state index in [4.69, 9.17) is 21.3 Å². The minimum absolute atomic E-state index is 0. The third kappa shape index (κ3) is 3.35. The van der Waals surface area contributed by atoms with Crippen molar-refractivity contribution in [1.82, 2.24) is 4.90 Å². The van der Waals surface area contributed by atoms with Gasteiger partial charge in [0.05, 0.1) is 7.11 Å². The summed E-state index contributed by atoms with van der Waals surface area (Å²) in [6, 6.07) is 10.1. The van der Waals surface area contributed by atoms with Crippen molar-refractivity contribution in [1.29, 1.82) is 0 Å². The highest BCUT2D eigenvalue weighted by Crippen LogP contribution is 2.39. The van der Waals surface area contributed by atoms with Crippen molar-refractivity contribution >= 4 is 29.8 Å². The lowest BCUT2D eigenvalue weighted by atomic mass is 9.90. The van der Waals surface area contributed by atoms with Crippen LogP contribution in [0.2, 0.25) is 5.02 Å². The molecule has 1 atom stereocenters. The van der Waals surface area contributed by atoms with Crippen LogP contribution in [0, 0.1) is 5.82 Å². The summed E-state index contributed by atoms with van der Waals surface area (Å²) in [5.41, 5.74) is 2.45. The average molecular weight is 369 g/mol. The van der Waals surface area contributed by atoms with E-state index in [0.717, 1.165) is 22.7 Å². The summed E-state index contributed by atoms with van der Waals surface area (Å²) in [5, 5.41) is 0.389. The smallest absolute Gasteiger partial charge is 0.130 e. The number of hydrogen-bond acceptors (Lipinski definition) is 3. The molecule has 6 heteroatoms. The predicted octanol–water partition coefficient (Wildman–Crippen LogP) is 4.52. The first-order valence-corrected chi connectivity index (χ1v) is 7.73. The molecule has 0 amide bonds. The summed E-state index contributed by atoms with van der Waals surface area (Å²) >= 11 is 6.27. The normalized spacial score (nSPS) is 15.9. The Morgan fingerprint density at radius 1 is 1.25 bits per heavy atom. The van der Waals surface area contributed by atoms with Gasteiger partial charge >= 0.3 is 0 Å². The zero-order valence-corrected chi connectivity index (χ0v) is 15.3. The number of hydrogen-bond donors (Lipinski definition) is 0. The van der Waals surface area contributed by atoms with Crippen LogP contribution in [0.1, 0.15) is 22.7 Å². The van der Waals surface area contributed by atoms with Gasteiger partial charge in [-0.2, -0.15) is 0 Å². The topological polar surface area (TPSA) is 24.8 Å². The van der Waals surface area contributed by atoms with Crippen molar-refractivity contribution in [3.63, 3.8) is 0 Å². The molecule has 0 aliphatic carbocycles. The summed E-state index contributed by atoms with van der Waals surface area (Å²) in [6.07, 6.45) is 0.683. The molecule has 1 aliphatic rings. The Hall–Kier alpha value is -1.78. The van der Waals surface area contributed by atoms with Crippen LogP contribution in [0.4, 0.5) is 4.39 Å². The highest BCUT2D eigenvalue weighted by Gasteiger charge is 2.28. The van der Waals surface area contributed by atoms with Crippen molar-refractivity contribution in [2.75, 3.05) is 21.2 Å². The molecule has 24 heavy (non-hydrogen) atoms. The molecule has 128 valence electrons. The standard InChI is InChI=1S/C18H18ClFN2O.ClH/c1-22(2)16-10-11-9-12(23-3)7-8-13(11)18(21-16)17-14(19)5-4-6-15(17)20;/h4-9,18H,10H2,1-3H3;1H. The number of nitrogens with zero attached hydrogens (tertiary/aromatic N) is 2. The van der Waals surface area contributed by atoms with Crippen molar-refractivity contribution < 1.29 is 9.13 Å².